The van der Waals surface area contributed by atoms with Gasteiger partial charge >= 0.3 is 0 Å². The van der Waals surface area contributed by atoms with Gasteiger partial charge in [-0.3, -0.25) is 4.79 Å². The van der Waals surface area contributed by atoms with E-state index in [0.717, 1.165) is 25.6 Å². The third-order valence-electron chi connectivity index (χ3n) is 3.95. The van der Waals surface area contributed by atoms with Crippen LogP contribution in [0.4, 0.5) is 0 Å². The molecular formula is C13H24N2O. The number of hydrogen-bond donors (Lipinski definition) is 1. The third-order valence-corrected chi connectivity index (χ3v) is 3.95. The van der Waals surface area contributed by atoms with Crippen LogP contribution in [0.15, 0.2) is 0 Å². The van der Waals surface area contributed by atoms with Crippen LogP contribution in [0.2, 0.25) is 0 Å². The average Bonchev–Trinajstić information content (AvgIpc) is 3.09. The molecule has 0 aromatic carbocycles. The van der Waals surface area contributed by atoms with E-state index in [1.807, 2.05) is 4.90 Å². The highest BCUT2D eigenvalue weighted by Crippen LogP contribution is 2.28. The highest BCUT2D eigenvalue weighted by atomic mass is 16.2. The summed E-state index contributed by atoms with van der Waals surface area (Å²) < 4.78 is 0. The fourth-order valence-electron chi connectivity index (χ4n) is 2.56. The summed E-state index contributed by atoms with van der Waals surface area (Å²) in [7, 11) is 0. The highest BCUT2D eigenvalue weighted by Gasteiger charge is 2.29. The molecule has 1 saturated carbocycles. The first-order valence-electron chi connectivity index (χ1n) is 6.68. The Morgan fingerprint density at radius 3 is 2.62 bits per heavy atom. The van der Waals surface area contributed by atoms with Gasteiger partial charge in [-0.05, 0) is 37.6 Å². The number of nitrogens with zero attached hydrogens (tertiary/aromatic N) is 1. The molecule has 16 heavy (non-hydrogen) atoms. The maximum atomic E-state index is 11.5. The van der Waals surface area contributed by atoms with E-state index in [4.69, 9.17) is 0 Å². The zero-order chi connectivity index (χ0) is 11.5. The van der Waals surface area contributed by atoms with Gasteiger partial charge in [-0.15, -0.1) is 0 Å². The van der Waals surface area contributed by atoms with Gasteiger partial charge in [-0.25, -0.2) is 0 Å². The Bertz CT molecular complexity index is 250. The predicted molar refractivity (Wildman–Crippen MR) is 65.2 cm³/mol. The number of rotatable bonds is 4. The molecule has 3 nitrogen and oxygen atoms in total. The van der Waals surface area contributed by atoms with Gasteiger partial charge in [0.2, 0.25) is 5.91 Å². The van der Waals surface area contributed by atoms with E-state index in [2.05, 4.69) is 12.2 Å². The summed E-state index contributed by atoms with van der Waals surface area (Å²) >= 11 is 0. The Hall–Kier alpha value is -0.570. The van der Waals surface area contributed by atoms with E-state index in [1.54, 1.807) is 6.92 Å². The molecule has 0 radical (unpaired) electrons. The van der Waals surface area contributed by atoms with Crippen LogP contribution < -0.4 is 5.32 Å². The van der Waals surface area contributed by atoms with Crippen LogP contribution >= 0.6 is 0 Å². The van der Waals surface area contributed by atoms with Crippen LogP contribution in [0, 0.1) is 11.8 Å². The molecule has 2 aliphatic rings. The van der Waals surface area contributed by atoms with E-state index in [1.165, 1.54) is 25.7 Å². The molecule has 92 valence electrons. The van der Waals surface area contributed by atoms with Crippen molar-refractivity contribution in [2.75, 3.05) is 19.6 Å². The van der Waals surface area contributed by atoms with Gasteiger partial charge in [0.05, 0.1) is 0 Å². The molecule has 3 heteroatoms. The van der Waals surface area contributed by atoms with Crippen LogP contribution in [-0.2, 0) is 4.79 Å². The summed E-state index contributed by atoms with van der Waals surface area (Å²) in [5.74, 6) is 1.85. The normalized spacial score (nSPS) is 30.5. The van der Waals surface area contributed by atoms with Crippen molar-refractivity contribution in [3.63, 3.8) is 0 Å². The molecule has 1 N–H and O–H groups in total. The summed E-state index contributed by atoms with van der Waals surface area (Å²) in [6, 6.07) is 0.531. The fraction of sp³-hybridized carbons (Fsp3) is 0.923. The van der Waals surface area contributed by atoms with Gasteiger partial charge in [0, 0.05) is 26.1 Å². The van der Waals surface area contributed by atoms with Crippen LogP contribution in [0.25, 0.3) is 0 Å². The Balaban J connectivity index is 1.82. The maximum Gasteiger partial charge on any atom is 0.219 e. The van der Waals surface area contributed by atoms with Crippen molar-refractivity contribution in [1.82, 2.24) is 10.2 Å². The van der Waals surface area contributed by atoms with Crippen molar-refractivity contribution in [3.05, 3.63) is 0 Å². The minimum absolute atomic E-state index is 0.233. The van der Waals surface area contributed by atoms with Crippen LogP contribution in [0.1, 0.15) is 39.5 Å². The first-order valence-corrected chi connectivity index (χ1v) is 6.68. The molecule has 2 rings (SSSR count). The lowest BCUT2D eigenvalue weighted by atomic mass is 9.92. The number of carbonyl (C=O) groups is 1. The SMILES string of the molecule is CCC1CC(NCC2CC2)CN(C(C)=O)C1. The molecule has 2 atom stereocenters. The van der Waals surface area contributed by atoms with Crippen molar-refractivity contribution < 1.29 is 4.79 Å². The second-order valence-corrected chi connectivity index (χ2v) is 5.48. The summed E-state index contributed by atoms with van der Waals surface area (Å²) in [6.07, 6.45) is 5.22. The monoisotopic (exact) mass is 224 g/mol. The third kappa shape index (κ3) is 3.21. The first-order chi connectivity index (χ1) is 7.69. The molecule has 1 amide bonds. The largest absolute Gasteiger partial charge is 0.341 e. The minimum atomic E-state index is 0.233. The smallest absolute Gasteiger partial charge is 0.219 e. The van der Waals surface area contributed by atoms with Crippen molar-refractivity contribution >= 4 is 5.91 Å². The lowest BCUT2D eigenvalue weighted by molar-refractivity contribution is -0.131. The maximum absolute atomic E-state index is 11.5. The van der Waals surface area contributed by atoms with Crippen molar-refractivity contribution in [1.29, 1.82) is 0 Å². The summed E-state index contributed by atoms with van der Waals surface area (Å²) in [6.45, 7) is 6.96. The van der Waals surface area contributed by atoms with Gasteiger partial charge < -0.3 is 10.2 Å². The molecule has 0 aromatic heterocycles. The van der Waals surface area contributed by atoms with Gasteiger partial charge in [0.25, 0.3) is 0 Å². The molecular weight excluding hydrogens is 200 g/mol. The van der Waals surface area contributed by atoms with Crippen LogP contribution in [0.3, 0.4) is 0 Å². The second-order valence-electron chi connectivity index (χ2n) is 5.48. The highest BCUT2D eigenvalue weighted by molar-refractivity contribution is 5.73. The Labute approximate surface area is 98.6 Å². The quantitative estimate of drug-likeness (QED) is 0.787. The standard InChI is InChI=1S/C13H24N2O/c1-3-11-6-13(14-7-12-4-5-12)9-15(8-11)10(2)16/h11-14H,3-9H2,1-2H3. The number of carbonyl (C=O) groups excluding carboxylic acids is 1. The molecule has 0 aromatic rings. The van der Waals surface area contributed by atoms with Crippen LogP contribution in [0.5, 0.6) is 0 Å². The molecule has 1 heterocycles. The molecule has 0 spiro atoms. The van der Waals surface area contributed by atoms with Gasteiger partial charge in [-0.1, -0.05) is 13.3 Å². The zero-order valence-electron chi connectivity index (χ0n) is 10.5. The van der Waals surface area contributed by atoms with Crippen molar-refractivity contribution in [2.24, 2.45) is 11.8 Å². The molecule has 1 aliphatic heterocycles. The average molecular weight is 224 g/mol. The summed E-state index contributed by atoms with van der Waals surface area (Å²) in [5, 5.41) is 3.64. The Morgan fingerprint density at radius 2 is 2.06 bits per heavy atom. The first kappa shape index (κ1) is 11.9. The van der Waals surface area contributed by atoms with Gasteiger partial charge in [-0.2, -0.15) is 0 Å². The number of likely N-dealkylation sites (tertiary alicyclic amines) is 1. The Morgan fingerprint density at radius 1 is 1.31 bits per heavy atom. The second kappa shape index (κ2) is 5.17. The van der Waals surface area contributed by atoms with E-state index in [-0.39, 0.29) is 5.91 Å². The van der Waals surface area contributed by atoms with Gasteiger partial charge in [0.15, 0.2) is 0 Å². The van der Waals surface area contributed by atoms with E-state index >= 15 is 0 Å². The van der Waals surface area contributed by atoms with E-state index in [9.17, 15) is 4.79 Å². The van der Waals surface area contributed by atoms with E-state index < -0.39 is 0 Å². The zero-order valence-corrected chi connectivity index (χ0v) is 10.5. The lowest BCUT2D eigenvalue weighted by Crippen LogP contribution is -2.51. The van der Waals surface area contributed by atoms with Crippen molar-refractivity contribution in [2.45, 2.75) is 45.6 Å². The predicted octanol–water partition coefficient (Wildman–Crippen LogP) is 1.63. The van der Waals surface area contributed by atoms with Crippen molar-refractivity contribution in [3.8, 4) is 0 Å². The molecule has 1 saturated heterocycles. The number of piperidine rings is 1. The molecule has 2 fully saturated rings. The fourth-order valence-corrected chi connectivity index (χ4v) is 2.56. The molecule has 2 unspecified atom stereocenters. The number of amides is 1. The number of hydrogen-bond acceptors (Lipinski definition) is 2. The molecule has 1 aliphatic carbocycles. The van der Waals surface area contributed by atoms with Gasteiger partial charge in [0.1, 0.15) is 0 Å². The minimum Gasteiger partial charge on any atom is -0.341 e. The van der Waals surface area contributed by atoms with Crippen LogP contribution in [-0.4, -0.2) is 36.5 Å². The lowest BCUT2D eigenvalue weighted by Gasteiger charge is -2.37. The summed E-state index contributed by atoms with van der Waals surface area (Å²) in [5.41, 5.74) is 0. The summed E-state index contributed by atoms with van der Waals surface area (Å²) in [4.78, 5) is 13.5. The topological polar surface area (TPSA) is 32.3 Å². The number of nitrogens with one attached hydrogen (secondary N) is 1. The van der Waals surface area contributed by atoms with E-state index in [0.29, 0.717) is 12.0 Å². The molecule has 0 bridgehead atoms. The Kier molecular flexibility index (Phi) is 3.85.